The molecule has 1 heterocycles. The van der Waals surface area contributed by atoms with E-state index in [1.165, 1.54) is 4.31 Å². The molecule has 1 amide bonds. The maximum Gasteiger partial charge on any atom is 0.243 e. The molecule has 1 aliphatic rings. The smallest absolute Gasteiger partial charge is 0.243 e. The summed E-state index contributed by atoms with van der Waals surface area (Å²) in [6.45, 7) is 4.74. The molecule has 2 aromatic carbocycles. The molecular weight excluding hydrogens is 400 g/mol. The minimum atomic E-state index is -3.50. The second-order valence-electron chi connectivity index (χ2n) is 7.69. The summed E-state index contributed by atoms with van der Waals surface area (Å²) in [5, 5.41) is 3.15. The summed E-state index contributed by atoms with van der Waals surface area (Å²) in [4.78, 5) is 13.2. The van der Waals surface area contributed by atoms with Gasteiger partial charge in [0.1, 0.15) is 5.75 Å². The van der Waals surface area contributed by atoms with E-state index in [0.29, 0.717) is 30.8 Å². The summed E-state index contributed by atoms with van der Waals surface area (Å²) >= 11 is 0. The number of amides is 1. The normalized spacial score (nSPS) is 16.8. The highest BCUT2D eigenvalue weighted by atomic mass is 32.2. The Morgan fingerprint density at radius 2 is 1.83 bits per heavy atom. The van der Waals surface area contributed by atoms with Gasteiger partial charge in [-0.15, -0.1) is 0 Å². The number of carbonyl (C=O) groups is 1. The van der Waals surface area contributed by atoms with Crippen LogP contribution in [0.3, 0.4) is 0 Å². The first-order valence-electron chi connectivity index (χ1n) is 10.4. The molecule has 1 atom stereocenters. The fourth-order valence-electron chi connectivity index (χ4n) is 3.93. The number of piperidine rings is 1. The number of rotatable bonds is 7. The maximum absolute atomic E-state index is 12.9. The Hall–Kier alpha value is -2.38. The highest BCUT2D eigenvalue weighted by Crippen LogP contribution is 2.27. The number of nitrogens with zero attached hydrogens (tertiary/aromatic N) is 1. The number of hydrogen-bond donors (Lipinski definition) is 1. The molecule has 6 nitrogen and oxygen atoms in total. The fraction of sp³-hybridized carbons (Fsp3) is 0.435. The van der Waals surface area contributed by atoms with Crippen molar-refractivity contribution in [1.82, 2.24) is 9.62 Å². The van der Waals surface area contributed by atoms with Gasteiger partial charge in [-0.25, -0.2) is 8.42 Å². The van der Waals surface area contributed by atoms with Crippen LogP contribution in [0.2, 0.25) is 0 Å². The zero-order valence-corrected chi connectivity index (χ0v) is 18.6. The van der Waals surface area contributed by atoms with E-state index in [1.54, 1.807) is 37.4 Å². The van der Waals surface area contributed by atoms with Crippen LogP contribution >= 0.6 is 0 Å². The van der Waals surface area contributed by atoms with E-state index in [9.17, 15) is 13.2 Å². The molecule has 0 aliphatic carbocycles. The van der Waals surface area contributed by atoms with Gasteiger partial charge in [-0.05, 0) is 55.5 Å². The van der Waals surface area contributed by atoms with Crippen molar-refractivity contribution in [3.8, 4) is 5.75 Å². The predicted molar refractivity (Wildman–Crippen MR) is 117 cm³/mol. The van der Waals surface area contributed by atoms with Gasteiger partial charge in [0.15, 0.2) is 0 Å². The maximum atomic E-state index is 12.9. The van der Waals surface area contributed by atoms with Crippen molar-refractivity contribution >= 4 is 15.9 Å². The minimum Gasteiger partial charge on any atom is -0.496 e. The van der Waals surface area contributed by atoms with Crippen LogP contribution in [0.4, 0.5) is 0 Å². The SMILES string of the molecule is CC[C@H](NC(=O)C1CCN(S(=O)(=O)c2ccccc2)CC1)c1ccc(OC)c(C)c1. The highest BCUT2D eigenvalue weighted by molar-refractivity contribution is 7.89. The second kappa shape index (κ2) is 9.62. The number of ether oxygens (including phenoxy) is 1. The molecular formula is C23H30N2O4S. The van der Waals surface area contributed by atoms with Gasteiger partial charge in [-0.2, -0.15) is 4.31 Å². The van der Waals surface area contributed by atoms with Gasteiger partial charge < -0.3 is 10.1 Å². The van der Waals surface area contributed by atoms with Crippen molar-refractivity contribution in [3.63, 3.8) is 0 Å². The fourth-order valence-corrected chi connectivity index (χ4v) is 5.42. The lowest BCUT2D eigenvalue weighted by Gasteiger charge is -2.31. The number of nitrogens with one attached hydrogen (secondary N) is 1. The van der Waals surface area contributed by atoms with Crippen molar-refractivity contribution in [1.29, 1.82) is 0 Å². The molecule has 1 fully saturated rings. The lowest BCUT2D eigenvalue weighted by atomic mass is 9.95. The van der Waals surface area contributed by atoms with Crippen molar-refractivity contribution in [3.05, 3.63) is 59.7 Å². The van der Waals surface area contributed by atoms with Gasteiger partial charge in [-0.3, -0.25) is 4.79 Å². The topological polar surface area (TPSA) is 75.7 Å². The molecule has 0 radical (unpaired) electrons. The third-order valence-corrected chi connectivity index (χ3v) is 7.66. The number of hydrogen-bond acceptors (Lipinski definition) is 4. The van der Waals surface area contributed by atoms with E-state index < -0.39 is 10.0 Å². The van der Waals surface area contributed by atoms with Crippen LogP contribution in [0.25, 0.3) is 0 Å². The molecule has 7 heteroatoms. The van der Waals surface area contributed by atoms with Gasteiger partial charge in [0.05, 0.1) is 18.0 Å². The summed E-state index contributed by atoms with van der Waals surface area (Å²) in [6.07, 6.45) is 1.82. The number of methoxy groups -OCH3 is 1. The first kappa shape index (κ1) is 22.3. The van der Waals surface area contributed by atoms with Crippen molar-refractivity contribution < 1.29 is 17.9 Å². The van der Waals surface area contributed by atoms with Crippen LogP contribution < -0.4 is 10.1 Å². The Bertz CT molecular complexity index is 968. The summed E-state index contributed by atoms with van der Waals surface area (Å²) in [6, 6.07) is 14.3. The summed E-state index contributed by atoms with van der Waals surface area (Å²) in [5.41, 5.74) is 2.08. The van der Waals surface area contributed by atoms with Gasteiger partial charge in [0, 0.05) is 19.0 Å². The molecule has 3 rings (SSSR count). The average Bonchev–Trinajstić information content (AvgIpc) is 2.78. The van der Waals surface area contributed by atoms with Crippen LogP contribution in [-0.4, -0.2) is 38.8 Å². The number of benzene rings is 2. The predicted octanol–water partition coefficient (Wildman–Crippen LogP) is 3.67. The van der Waals surface area contributed by atoms with Gasteiger partial charge >= 0.3 is 0 Å². The summed E-state index contributed by atoms with van der Waals surface area (Å²) in [5.74, 6) is 0.639. The van der Waals surface area contributed by atoms with E-state index in [4.69, 9.17) is 4.74 Å². The Kier molecular flexibility index (Phi) is 7.15. The molecule has 0 unspecified atom stereocenters. The van der Waals surface area contributed by atoms with Crippen LogP contribution in [0.1, 0.15) is 43.4 Å². The highest BCUT2D eigenvalue weighted by Gasteiger charge is 2.32. The van der Waals surface area contributed by atoms with Gasteiger partial charge in [0.25, 0.3) is 0 Å². The molecule has 30 heavy (non-hydrogen) atoms. The van der Waals surface area contributed by atoms with E-state index in [2.05, 4.69) is 5.32 Å². The van der Waals surface area contributed by atoms with Crippen LogP contribution in [-0.2, 0) is 14.8 Å². The lowest BCUT2D eigenvalue weighted by molar-refractivity contribution is -0.126. The Morgan fingerprint density at radius 1 is 1.17 bits per heavy atom. The second-order valence-corrected chi connectivity index (χ2v) is 9.63. The Balaban J connectivity index is 1.61. The first-order valence-corrected chi connectivity index (χ1v) is 11.8. The monoisotopic (exact) mass is 430 g/mol. The van der Waals surface area contributed by atoms with Crippen LogP contribution in [0.5, 0.6) is 5.75 Å². The standard InChI is InChI=1S/C23H30N2O4S/c1-4-21(19-10-11-22(29-3)17(2)16-19)24-23(26)18-12-14-25(15-13-18)30(27,28)20-8-6-5-7-9-20/h5-11,16,18,21H,4,12-15H2,1-3H3,(H,24,26)/t21-/m0/s1. The molecule has 0 bridgehead atoms. The molecule has 162 valence electrons. The van der Waals surface area contributed by atoms with E-state index in [0.717, 1.165) is 23.3 Å². The van der Waals surface area contributed by atoms with Crippen molar-refractivity contribution in [2.45, 2.75) is 44.0 Å². The first-order chi connectivity index (χ1) is 14.4. The number of carbonyl (C=O) groups excluding carboxylic acids is 1. The minimum absolute atomic E-state index is 0.00733. The zero-order valence-electron chi connectivity index (χ0n) is 17.8. The Labute approximate surface area is 179 Å². The molecule has 1 aliphatic heterocycles. The van der Waals surface area contributed by atoms with E-state index in [1.807, 2.05) is 32.0 Å². The van der Waals surface area contributed by atoms with E-state index >= 15 is 0 Å². The van der Waals surface area contributed by atoms with Gasteiger partial charge in [0.2, 0.25) is 15.9 Å². The zero-order chi connectivity index (χ0) is 21.7. The molecule has 1 N–H and O–H groups in total. The average molecular weight is 431 g/mol. The Morgan fingerprint density at radius 3 is 2.40 bits per heavy atom. The van der Waals surface area contributed by atoms with E-state index in [-0.39, 0.29) is 17.9 Å². The van der Waals surface area contributed by atoms with Gasteiger partial charge in [-0.1, -0.05) is 37.3 Å². The van der Waals surface area contributed by atoms with Crippen molar-refractivity contribution in [2.75, 3.05) is 20.2 Å². The third-order valence-electron chi connectivity index (χ3n) is 5.75. The van der Waals surface area contributed by atoms with Crippen LogP contribution in [0, 0.1) is 12.8 Å². The number of aryl methyl sites for hydroxylation is 1. The summed E-state index contributed by atoms with van der Waals surface area (Å²) < 4.78 is 32.3. The molecule has 2 aromatic rings. The number of sulfonamides is 1. The largest absolute Gasteiger partial charge is 0.496 e. The quantitative estimate of drug-likeness (QED) is 0.727. The molecule has 0 aromatic heterocycles. The molecule has 0 saturated carbocycles. The summed E-state index contributed by atoms with van der Waals surface area (Å²) in [7, 11) is -1.86. The molecule has 1 saturated heterocycles. The van der Waals surface area contributed by atoms with Crippen LogP contribution in [0.15, 0.2) is 53.4 Å². The van der Waals surface area contributed by atoms with Crippen molar-refractivity contribution in [2.24, 2.45) is 5.92 Å². The lowest BCUT2D eigenvalue weighted by Crippen LogP contribution is -2.43. The molecule has 0 spiro atoms. The third kappa shape index (κ3) is 4.84.